The molecule has 0 spiro atoms. The highest BCUT2D eigenvalue weighted by atomic mass is 32.2. The van der Waals surface area contributed by atoms with Crippen LogP contribution in [0, 0.1) is 0 Å². The first-order valence-electron chi connectivity index (χ1n) is 4.11. The number of nitrogens with zero attached hydrogens (tertiary/aromatic N) is 2. The third kappa shape index (κ3) is 2.31. The zero-order valence-electron chi connectivity index (χ0n) is 7.38. The maximum atomic E-state index is 5.54. The van der Waals surface area contributed by atoms with Gasteiger partial charge >= 0.3 is 0 Å². The fraction of sp³-hybridized carbons (Fsp3) is 0.111. The molecule has 0 saturated carbocycles. The van der Waals surface area contributed by atoms with Crippen molar-refractivity contribution in [1.82, 2.24) is 9.97 Å². The third-order valence-corrected chi connectivity index (χ3v) is 3.45. The minimum absolute atomic E-state index is 0.550. The summed E-state index contributed by atoms with van der Waals surface area (Å²) in [6, 6.07) is 3.91. The first-order chi connectivity index (χ1) is 6.88. The lowest BCUT2D eigenvalue weighted by Crippen LogP contribution is -1.96. The zero-order valence-corrected chi connectivity index (χ0v) is 9.02. The van der Waals surface area contributed by atoms with E-state index >= 15 is 0 Å². The highest BCUT2D eigenvalue weighted by Crippen LogP contribution is 2.27. The van der Waals surface area contributed by atoms with Gasteiger partial charge in [-0.05, 0) is 29.5 Å². The number of pyridine rings is 1. The Hall–Kier alpha value is -0.910. The molecule has 0 unspecified atom stereocenters. The number of rotatable bonds is 3. The van der Waals surface area contributed by atoms with E-state index in [2.05, 4.69) is 9.97 Å². The third-order valence-electron chi connectivity index (χ3n) is 1.64. The number of nitrogens with two attached hydrogens (primary N) is 1. The summed E-state index contributed by atoms with van der Waals surface area (Å²) in [7, 11) is 0. The van der Waals surface area contributed by atoms with Crippen LogP contribution in [0.25, 0.3) is 0 Å². The lowest BCUT2D eigenvalue weighted by molar-refractivity contribution is 1.02. The van der Waals surface area contributed by atoms with Crippen LogP contribution in [0.1, 0.15) is 5.56 Å². The second-order valence-electron chi connectivity index (χ2n) is 2.61. The quantitative estimate of drug-likeness (QED) is 0.866. The summed E-state index contributed by atoms with van der Waals surface area (Å²) in [4.78, 5) is 8.41. The van der Waals surface area contributed by atoms with Crippen LogP contribution in [-0.2, 0) is 6.54 Å². The summed E-state index contributed by atoms with van der Waals surface area (Å²) in [5, 5.41) is 2.90. The van der Waals surface area contributed by atoms with Gasteiger partial charge in [0.15, 0.2) is 4.34 Å². The number of thiazole rings is 1. The molecule has 2 aromatic rings. The molecule has 2 rings (SSSR count). The van der Waals surface area contributed by atoms with Crippen LogP contribution in [0.5, 0.6) is 0 Å². The van der Waals surface area contributed by atoms with Gasteiger partial charge in [-0.3, -0.25) is 0 Å². The van der Waals surface area contributed by atoms with Crippen molar-refractivity contribution in [3.8, 4) is 0 Å². The molecule has 2 N–H and O–H groups in total. The Bertz CT molecular complexity index is 400. The SMILES string of the molecule is NCc1ccnc(Sc2nccs2)c1. The fourth-order valence-electron chi connectivity index (χ4n) is 0.983. The van der Waals surface area contributed by atoms with Gasteiger partial charge in [0.1, 0.15) is 5.03 Å². The van der Waals surface area contributed by atoms with E-state index in [1.165, 1.54) is 0 Å². The Labute approximate surface area is 90.4 Å². The Morgan fingerprint density at radius 1 is 1.36 bits per heavy atom. The van der Waals surface area contributed by atoms with Gasteiger partial charge in [0.2, 0.25) is 0 Å². The monoisotopic (exact) mass is 223 g/mol. The zero-order chi connectivity index (χ0) is 9.80. The maximum absolute atomic E-state index is 5.54. The molecule has 0 atom stereocenters. The van der Waals surface area contributed by atoms with Gasteiger partial charge < -0.3 is 5.73 Å². The molecule has 2 heterocycles. The molecule has 0 saturated heterocycles. The van der Waals surface area contributed by atoms with E-state index < -0.39 is 0 Å². The van der Waals surface area contributed by atoms with Crippen LogP contribution in [0.3, 0.4) is 0 Å². The van der Waals surface area contributed by atoms with Crippen molar-refractivity contribution in [1.29, 1.82) is 0 Å². The topological polar surface area (TPSA) is 51.8 Å². The van der Waals surface area contributed by atoms with E-state index in [1.54, 1.807) is 35.5 Å². The first-order valence-corrected chi connectivity index (χ1v) is 5.80. The van der Waals surface area contributed by atoms with Gasteiger partial charge in [-0.2, -0.15) is 0 Å². The van der Waals surface area contributed by atoms with Crippen LogP contribution in [-0.4, -0.2) is 9.97 Å². The molecular weight excluding hydrogens is 214 g/mol. The van der Waals surface area contributed by atoms with Crippen molar-refractivity contribution < 1.29 is 0 Å². The average molecular weight is 223 g/mol. The Morgan fingerprint density at radius 3 is 3.00 bits per heavy atom. The lowest BCUT2D eigenvalue weighted by Gasteiger charge is -1.99. The Morgan fingerprint density at radius 2 is 2.29 bits per heavy atom. The Balaban J connectivity index is 2.17. The van der Waals surface area contributed by atoms with Crippen LogP contribution in [0.4, 0.5) is 0 Å². The van der Waals surface area contributed by atoms with Crippen LogP contribution in [0.2, 0.25) is 0 Å². The summed E-state index contributed by atoms with van der Waals surface area (Å²) in [5.41, 5.74) is 6.64. The van der Waals surface area contributed by atoms with Crippen molar-refractivity contribution in [3.05, 3.63) is 35.5 Å². The van der Waals surface area contributed by atoms with Crippen molar-refractivity contribution in [2.75, 3.05) is 0 Å². The molecule has 3 nitrogen and oxygen atoms in total. The van der Waals surface area contributed by atoms with Crippen molar-refractivity contribution in [3.63, 3.8) is 0 Å². The second kappa shape index (κ2) is 4.54. The summed E-state index contributed by atoms with van der Waals surface area (Å²) in [5.74, 6) is 0. The minimum Gasteiger partial charge on any atom is -0.326 e. The Kier molecular flexibility index (Phi) is 3.13. The summed E-state index contributed by atoms with van der Waals surface area (Å²) in [6.45, 7) is 0.550. The van der Waals surface area contributed by atoms with Gasteiger partial charge in [0.25, 0.3) is 0 Å². The van der Waals surface area contributed by atoms with Gasteiger partial charge in [-0.1, -0.05) is 0 Å². The molecule has 0 bridgehead atoms. The first kappa shape index (κ1) is 9.64. The molecule has 5 heteroatoms. The maximum Gasteiger partial charge on any atom is 0.156 e. The molecule has 0 aliphatic heterocycles. The van der Waals surface area contributed by atoms with Crippen LogP contribution in [0.15, 0.2) is 39.3 Å². The predicted octanol–water partition coefficient (Wildman–Crippen LogP) is 2.15. The molecule has 0 aliphatic carbocycles. The van der Waals surface area contributed by atoms with Gasteiger partial charge in [-0.25, -0.2) is 9.97 Å². The summed E-state index contributed by atoms with van der Waals surface area (Å²) in [6.07, 6.45) is 3.57. The average Bonchev–Trinajstić information content (AvgIpc) is 2.71. The van der Waals surface area contributed by atoms with E-state index in [0.717, 1.165) is 14.9 Å². The fourth-order valence-corrected chi connectivity index (χ4v) is 2.57. The predicted molar refractivity (Wildman–Crippen MR) is 58.4 cm³/mol. The smallest absolute Gasteiger partial charge is 0.156 e. The summed E-state index contributed by atoms with van der Waals surface area (Å²) < 4.78 is 1.01. The summed E-state index contributed by atoms with van der Waals surface area (Å²) >= 11 is 3.18. The van der Waals surface area contributed by atoms with Crippen molar-refractivity contribution >= 4 is 23.1 Å². The van der Waals surface area contributed by atoms with Crippen molar-refractivity contribution in [2.45, 2.75) is 15.9 Å². The lowest BCUT2D eigenvalue weighted by atomic mass is 10.3. The van der Waals surface area contributed by atoms with Crippen LogP contribution < -0.4 is 5.73 Å². The number of hydrogen-bond acceptors (Lipinski definition) is 5. The van der Waals surface area contributed by atoms with E-state index in [4.69, 9.17) is 5.73 Å². The second-order valence-corrected chi connectivity index (χ2v) is 4.77. The highest BCUT2D eigenvalue weighted by molar-refractivity contribution is 8.00. The molecule has 0 amide bonds. The van der Waals surface area contributed by atoms with Crippen molar-refractivity contribution in [2.24, 2.45) is 5.73 Å². The molecule has 14 heavy (non-hydrogen) atoms. The van der Waals surface area contributed by atoms with E-state index in [0.29, 0.717) is 6.54 Å². The van der Waals surface area contributed by atoms with Crippen LogP contribution >= 0.6 is 23.1 Å². The molecular formula is C9H9N3S2. The number of hydrogen-bond donors (Lipinski definition) is 1. The molecule has 0 fully saturated rings. The minimum atomic E-state index is 0.550. The van der Waals surface area contributed by atoms with Gasteiger partial charge in [0, 0.05) is 24.3 Å². The van der Waals surface area contributed by atoms with E-state index in [-0.39, 0.29) is 0 Å². The molecule has 72 valence electrons. The standard InChI is InChI=1S/C9H9N3S2/c10-6-7-1-2-11-8(5-7)14-9-12-3-4-13-9/h1-5H,6,10H2. The molecule has 0 aromatic carbocycles. The van der Waals surface area contributed by atoms with E-state index in [1.807, 2.05) is 17.5 Å². The van der Waals surface area contributed by atoms with Gasteiger partial charge in [-0.15, -0.1) is 11.3 Å². The molecule has 0 radical (unpaired) electrons. The highest BCUT2D eigenvalue weighted by Gasteiger charge is 2.01. The normalized spacial score (nSPS) is 10.4. The molecule has 2 aromatic heterocycles. The largest absolute Gasteiger partial charge is 0.326 e. The van der Waals surface area contributed by atoms with Gasteiger partial charge in [0.05, 0.1) is 0 Å². The van der Waals surface area contributed by atoms with E-state index in [9.17, 15) is 0 Å². The number of aromatic nitrogens is 2. The molecule has 0 aliphatic rings.